The van der Waals surface area contributed by atoms with E-state index in [0.717, 1.165) is 37.2 Å². The molecule has 3 N–H and O–H groups in total. The highest BCUT2D eigenvalue weighted by Gasteiger charge is 2.44. The van der Waals surface area contributed by atoms with Gasteiger partial charge >= 0.3 is 5.97 Å². The minimum atomic E-state index is -2.45. The molecular formula is C30H49N3O7. The van der Waals surface area contributed by atoms with Crippen LogP contribution in [0.2, 0.25) is 0 Å². The summed E-state index contributed by atoms with van der Waals surface area (Å²) in [4.78, 5) is 64.2. The van der Waals surface area contributed by atoms with Crippen LogP contribution in [0.15, 0.2) is 24.4 Å². The fourth-order valence-corrected chi connectivity index (χ4v) is 4.52. The van der Waals surface area contributed by atoms with Gasteiger partial charge in [-0.2, -0.15) is 0 Å². The van der Waals surface area contributed by atoms with Crippen molar-refractivity contribution in [2.24, 2.45) is 5.92 Å². The van der Waals surface area contributed by atoms with Crippen LogP contribution in [0.1, 0.15) is 97.8 Å². The van der Waals surface area contributed by atoms with Gasteiger partial charge in [-0.15, -0.1) is 0 Å². The van der Waals surface area contributed by atoms with E-state index < -0.39 is 53.6 Å². The van der Waals surface area contributed by atoms with Gasteiger partial charge in [0.2, 0.25) is 11.8 Å². The fraction of sp³-hybridized carbons (Fsp3) is 0.700. The Labute approximate surface area is 239 Å². The van der Waals surface area contributed by atoms with E-state index in [4.69, 9.17) is 4.74 Å². The number of ketones is 1. The van der Waals surface area contributed by atoms with Crippen molar-refractivity contribution in [2.45, 2.75) is 110 Å². The van der Waals surface area contributed by atoms with E-state index in [1.807, 2.05) is 0 Å². The second-order valence-electron chi connectivity index (χ2n) is 10.9. The maximum absolute atomic E-state index is 13.2. The summed E-state index contributed by atoms with van der Waals surface area (Å²) in [7, 11) is 1.42. The molecule has 1 aliphatic rings. The normalized spacial score (nSPS) is 24.8. The topological polar surface area (TPSA) is 142 Å². The van der Waals surface area contributed by atoms with E-state index in [1.54, 1.807) is 0 Å². The predicted octanol–water partition coefficient (Wildman–Crippen LogP) is 3.33. The van der Waals surface area contributed by atoms with Gasteiger partial charge in [-0.05, 0) is 25.8 Å². The molecule has 226 valence electrons. The molecule has 3 unspecified atom stereocenters. The Kier molecular flexibility index (Phi) is 16.1. The van der Waals surface area contributed by atoms with Crippen LogP contribution in [0.5, 0.6) is 0 Å². The first kappa shape index (κ1) is 35.0. The second kappa shape index (κ2) is 18.4. The third-order valence-corrected chi connectivity index (χ3v) is 7.15. The van der Waals surface area contributed by atoms with Crippen LogP contribution < -0.4 is 10.6 Å². The molecule has 0 saturated carbocycles. The van der Waals surface area contributed by atoms with Crippen LogP contribution >= 0.6 is 0 Å². The molecule has 0 aromatic rings. The Hall–Kier alpha value is -3.01. The summed E-state index contributed by atoms with van der Waals surface area (Å²) >= 11 is 0. The molecule has 0 radical (unpaired) electrons. The Morgan fingerprint density at radius 3 is 2.10 bits per heavy atom. The number of cyclic esters (lactones) is 1. The first-order valence-corrected chi connectivity index (χ1v) is 14.6. The number of amides is 3. The summed E-state index contributed by atoms with van der Waals surface area (Å²) in [6, 6.07) is 0. The summed E-state index contributed by atoms with van der Waals surface area (Å²) in [5.41, 5.74) is -2.37. The minimum absolute atomic E-state index is 0.0800. The highest BCUT2D eigenvalue weighted by atomic mass is 16.5. The highest BCUT2D eigenvalue weighted by molar-refractivity contribution is 6.10. The number of Topliss-reactive ketones (excluding diaryl/α,β-unsaturated/α-hetero) is 1. The van der Waals surface area contributed by atoms with Gasteiger partial charge in [0.15, 0.2) is 11.4 Å². The van der Waals surface area contributed by atoms with Crippen molar-refractivity contribution in [3.05, 3.63) is 24.4 Å². The number of nitrogens with one attached hydrogen (secondary N) is 2. The summed E-state index contributed by atoms with van der Waals surface area (Å²) < 4.78 is 5.63. The molecule has 0 spiro atoms. The Balaban J connectivity index is 2.86. The number of unbranched alkanes of at least 4 members (excludes halogenated alkanes) is 10. The summed E-state index contributed by atoms with van der Waals surface area (Å²) in [6.45, 7) is 7.49. The number of hydrogen-bond acceptors (Lipinski definition) is 7. The molecular weight excluding hydrogens is 514 g/mol. The molecule has 10 nitrogen and oxygen atoms in total. The molecule has 10 heteroatoms. The van der Waals surface area contributed by atoms with Crippen molar-refractivity contribution < 1.29 is 33.8 Å². The smallest absolute Gasteiger partial charge is 0.325 e. The highest BCUT2D eigenvalue weighted by Crippen LogP contribution is 2.23. The first-order valence-electron chi connectivity index (χ1n) is 14.6. The van der Waals surface area contributed by atoms with Gasteiger partial charge in [-0.3, -0.25) is 24.0 Å². The molecule has 0 bridgehead atoms. The van der Waals surface area contributed by atoms with Gasteiger partial charge in [-0.1, -0.05) is 84.6 Å². The lowest BCUT2D eigenvalue weighted by Crippen LogP contribution is -2.55. The van der Waals surface area contributed by atoms with Crippen molar-refractivity contribution in [2.75, 3.05) is 20.1 Å². The Morgan fingerprint density at radius 2 is 1.52 bits per heavy atom. The number of allylic oxidation sites excluding steroid dienone is 1. The van der Waals surface area contributed by atoms with Gasteiger partial charge in [0.1, 0.15) is 12.6 Å². The van der Waals surface area contributed by atoms with E-state index in [9.17, 15) is 29.1 Å². The van der Waals surface area contributed by atoms with Crippen LogP contribution in [0.3, 0.4) is 0 Å². The number of aliphatic hydroxyl groups is 1. The summed E-state index contributed by atoms with van der Waals surface area (Å²) in [5, 5.41) is 15.4. The summed E-state index contributed by atoms with van der Waals surface area (Å²) in [5.74, 6) is -4.75. The van der Waals surface area contributed by atoms with Crippen LogP contribution in [0.4, 0.5) is 0 Å². The molecule has 40 heavy (non-hydrogen) atoms. The molecule has 0 aromatic carbocycles. The molecule has 0 fully saturated rings. The zero-order chi connectivity index (χ0) is 30.1. The van der Waals surface area contributed by atoms with Crippen molar-refractivity contribution in [1.29, 1.82) is 0 Å². The Bertz CT molecular complexity index is 913. The zero-order valence-electron chi connectivity index (χ0n) is 24.8. The second-order valence-corrected chi connectivity index (χ2v) is 10.9. The zero-order valence-corrected chi connectivity index (χ0v) is 24.8. The van der Waals surface area contributed by atoms with E-state index in [2.05, 4.69) is 24.1 Å². The minimum Gasteiger partial charge on any atom is -0.460 e. The van der Waals surface area contributed by atoms with Crippen molar-refractivity contribution in [3.63, 3.8) is 0 Å². The average molecular weight is 564 g/mol. The standard InChI is InChI=1S/C30H49N3O7/c1-6-7-8-9-10-11-12-13-14-15-16-17-24-23(3)28(37)30(4,39)29(38)31-20-25(34)32-22(2)18-19-26(35)33(5)21-27(36)40-24/h18-19,23-24,39H,2,6-17,20-21H2,1,3-5H3,(H,31,38)(H,32,34)/b19-18+. The first-order chi connectivity index (χ1) is 18.9. The molecule has 0 aromatic heterocycles. The lowest BCUT2D eigenvalue weighted by molar-refractivity contribution is -0.162. The molecule has 1 heterocycles. The van der Waals surface area contributed by atoms with Gasteiger partial charge in [-0.25, -0.2) is 0 Å². The number of nitrogens with zero attached hydrogens (tertiary/aromatic N) is 1. The monoisotopic (exact) mass is 563 g/mol. The van der Waals surface area contributed by atoms with Crippen LogP contribution in [0, 0.1) is 5.92 Å². The molecule has 0 saturated heterocycles. The maximum atomic E-state index is 13.2. The summed E-state index contributed by atoms with van der Waals surface area (Å²) in [6.07, 6.45) is 14.4. The number of likely N-dealkylation sites (N-methyl/N-ethyl adjacent to an activating group) is 1. The van der Waals surface area contributed by atoms with E-state index in [0.29, 0.717) is 12.8 Å². The predicted molar refractivity (Wildman–Crippen MR) is 153 cm³/mol. The van der Waals surface area contributed by atoms with Gasteiger partial charge in [0, 0.05) is 18.8 Å². The number of hydrogen-bond donors (Lipinski definition) is 3. The molecule has 1 aliphatic heterocycles. The van der Waals surface area contributed by atoms with E-state index >= 15 is 0 Å². The van der Waals surface area contributed by atoms with Gasteiger partial charge < -0.3 is 25.4 Å². The van der Waals surface area contributed by atoms with Crippen LogP contribution in [-0.2, 0) is 28.7 Å². The SMILES string of the molecule is C=C1/C=C/C(=O)N(C)CC(=O)OC(CCCCCCCCCCCCC)C(C)C(=O)C(C)(O)C(=O)NCC(=O)N1. The Morgan fingerprint density at radius 1 is 0.975 bits per heavy atom. The quantitative estimate of drug-likeness (QED) is 0.188. The van der Waals surface area contributed by atoms with E-state index in [1.165, 1.54) is 65.0 Å². The van der Waals surface area contributed by atoms with Crippen LogP contribution in [0.25, 0.3) is 0 Å². The lowest BCUT2D eigenvalue weighted by atomic mass is 9.85. The van der Waals surface area contributed by atoms with Gasteiger partial charge in [0.05, 0.1) is 12.5 Å². The van der Waals surface area contributed by atoms with Crippen molar-refractivity contribution in [3.8, 4) is 0 Å². The molecule has 0 aliphatic carbocycles. The number of rotatable bonds is 12. The average Bonchev–Trinajstić information content (AvgIpc) is 2.91. The maximum Gasteiger partial charge on any atom is 0.325 e. The number of esters is 1. The van der Waals surface area contributed by atoms with Gasteiger partial charge in [0.25, 0.3) is 5.91 Å². The van der Waals surface area contributed by atoms with Crippen molar-refractivity contribution in [1.82, 2.24) is 15.5 Å². The number of carbonyl (C=O) groups excluding carboxylic acids is 5. The third kappa shape index (κ3) is 12.9. The third-order valence-electron chi connectivity index (χ3n) is 7.15. The fourth-order valence-electron chi connectivity index (χ4n) is 4.52. The molecule has 3 amide bonds. The number of ether oxygens (including phenoxy) is 1. The van der Waals surface area contributed by atoms with E-state index in [-0.39, 0.29) is 12.2 Å². The molecule has 3 atom stereocenters. The lowest BCUT2D eigenvalue weighted by Gasteiger charge is -2.29. The molecule has 1 rings (SSSR count). The van der Waals surface area contributed by atoms with Crippen LogP contribution in [-0.4, -0.2) is 71.3 Å². The van der Waals surface area contributed by atoms with Crippen molar-refractivity contribution >= 4 is 29.5 Å². The largest absolute Gasteiger partial charge is 0.460 e. The number of carbonyl (C=O) groups is 5.